The molecule has 0 unspecified atom stereocenters. The second-order valence-corrected chi connectivity index (χ2v) is 11.3. The Balaban J connectivity index is 1.29. The predicted octanol–water partition coefficient (Wildman–Crippen LogP) is 3.49. The first-order chi connectivity index (χ1) is 20.2. The average molecular weight is 575 g/mol. The molecule has 4 heterocycles. The molecule has 2 amide bonds. The number of nitrogens with one attached hydrogen (secondary N) is 2. The highest BCUT2D eigenvalue weighted by molar-refractivity contribution is 6.14. The van der Waals surface area contributed by atoms with Crippen molar-refractivity contribution in [3.05, 3.63) is 48.0 Å². The summed E-state index contributed by atoms with van der Waals surface area (Å²) in [7, 11) is 1.72. The van der Waals surface area contributed by atoms with Gasteiger partial charge in [0.15, 0.2) is 5.82 Å². The van der Waals surface area contributed by atoms with Crippen LogP contribution in [0.1, 0.15) is 43.5 Å². The van der Waals surface area contributed by atoms with E-state index in [1.807, 2.05) is 11.0 Å². The van der Waals surface area contributed by atoms with Crippen LogP contribution in [0.2, 0.25) is 0 Å². The molecule has 2 N–H and O–H groups in total. The third-order valence-corrected chi connectivity index (χ3v) is 7.76. The van der Waals surface area contributed by atoms with Crippen molar-refractivity contribution in [1.82, 2.24) is 30.0 Å². The van der Waals surface area contributed by atoms with Gasteiger partial charge < -0.3 is 25.2 Å². The quantitative estimate of drug-likeness (QED) is 0.307. The fraction of sp³-hybridized carbons (Fsp3) is 0.433. The minimum atomic E-state index is -0.515. The van der Waals surface area contributed by atoms with Gasteiger partial charge in [-0.15, -0.1) is 0 Å². The maximum atomic E-state index is 14.7. The Morgan fingerprint density at radius 3 is 2.76 bits per heavy atom. The van der Waals surface area contributed by atoms with Crippen LogP contribution in [0, 0.1) is 5.82 Å². The molecule has 11 nitrogen and oxygen atoms in total. The number of fused-ring (bicyclic) bond motifs is 2. The third kappa shape index (κ3) is 5.71. The first-order valence-corrected chi connectivity index (χ1v) is 14.4. The number of benzene rings is 2. The number of likely N-dealkylation sites (tertiary alicyclic amines) is 1. The number of hydrogen-bond donors (Lipinski definition) is 2. The van der Waals surface area contributed by atoms with E-state index in [1.165, 1.54) is 10.7 Å². The van der Waals surface area contributed by atoms with Gasteiger partial charge in [-0.2, -0.15) is 10.1 Å². The molecule has 4 aromatic rings. The summed E-state index contributed by atoms with van der Waals surface area (Å²) in [5.74, 6) is -0.758. The Bertz CT molecular complexity index is 1650. The number of hydrogen-bond acceptors (Lipinski definition) is 8. The van der Waals surface area contributed by atoms with E-state index < -0.39 is 11.7 Å². The lowest BCUT2D eigenvalue weighted by Gasteiger charge is -2.38. The fourth-order valence-electron chi connectivity index (χ4n) is 5.98. The van der Waals surface area contributed by atoms with E-state index in [9.17, 15) is 14.0 Å². The Labute approximate surface area is 243 Å². The molecule has 12 heteroatoms. The van der Waals surface area contributed by atoms with E-state index in [0.717, 1.165) is 37.1 Å². The highest BCUT2D eigenvalue weighted by Gasteiger charge is 2.25. The molecule has 2 saturated heterocycles. The number of aromatic nitrogens is 4. The largest absolute Gasteiger partial charge is 0.463 e. The van der Waals surface area contributed by atoms with Crippen molar-refractivity contribution in [2.24, 2.45) is 7.05 Å². The van der Waals surface area contributed by atoms with Crippen molar-refractivity contribution in [3.8, 4) is 6.01 Å². The fourth-order valence-corrected chi connectivity index (χ4v) is 5.98. The van der Waals surface area contributed by atoms with E-state index in [1.54, 1.807) is 31.6 Å². The van der Waals surface area contributed by atoms with Crippen molar-refractivity contribution in [3.63, 3.8) is 0 Å². The highest BCUT2D eigenvalue weighted by atomic mass is 19.1. The van der Waals surface area contributed by atoms with Gasteiger partial charge in [-0.25, -0.2) is 9.37 Å². The summed E-state index contributed by atoms with van der Waals surface area (Å²) in [5, 5.41) is 11.8. The van der Waals surface area contributed by atoms with Crippen LogP contribution in [0.15, 0.2) is 36.7 Å². The van der Waals surface area contributed by atoms with E-state index in [0.29, 0.717) is 48.1 Å². The summed E-state index contributed by atoms with van der Waals surface area (Å²) in [6, 6.07) is 7.36. The van der Waals surface area contributed by atoms with Crippen LogP contribution < -0.4 is 20.3 Å². The molecular weight excluding hydrogens is 539 g/mol. The first kappa shape index (κ1) is 27.8. The third-order valence-electron chi connectivity index (χ3n) is 7.76. The second kappa shape index (κ2) is 11.5. The van der Waals surface area contributed by atoms with Gasteiger partial charge in [0.05, 0.1) is 17.7 Å². The number of aryl methyl sites for hydroxylation is 1. The molecule has 0 bridgehead atoms. The molecule has 220 valence electrons. The highest BCUT2D eigenvalue weighted by Crippen LogP contribution is 2.31. The second-order valence-electron chi connectivity index (χ2n) is 11.3. The van der Waals surface area contributed by atoms with Crippen LogP contribution in [-0.4, -0.2) is 81.3 Å². The molecule has 0 saturated carbocycles. The minimum absolute atomic E-state index is 0.159. The monoisotopic (exact) mass is 574 g/mol. The predicted molar refractivity (Wildman–Crippen MR) is 158 cm³/mol. The normalized spacial score (nSPS) is 19.2. The lowest BCUT2D eigenvalue weighted by atomic mass is 10.0. The number of halogens is 1. The van der Waals surface area contributed by atoms with Crippen LogP contribution in [0.3, 0.4) is 0 Å². The van der Waals surface area contributed by atoms with Crippen LogP contribution >= 0.6 is 0 Å². The summed E-state index contributed by atoms with van der Waals surface area (Å²) in [4.78, 5) is 38.8. The molecule has 6 rings (SSSR count). The lowest BCUT2D eigenvalue weighted by Crippen LogP contribution is -2.54. The molecule has 0 spiro atoms. The molecule has 2 aliphatic rings. The lowest BCUT2D eigenvalue weighted by molar-refractivity contribution is -0.127. The smallest absolute Gasteiger partial charge is 0.316 e. The summed E-state index contributed by atoms with van der Waals surface area (Å²) in [6.45, 7) is 7.63. The Morgan fingerprint density at radius 2 is 2.00 bits per heavy atom. The topological polar surface area (TPSA) is 118 Å². The van der Waals surface area contributed by atoms with E-state index >= 15 is 0 Å². The molecule has 0 radical (unpaired) electrons. The number of nitrogens with zero attached hydrogens (tertiary/aromatic N) is 6. The van der Waals surface area contributed by atoms with Crippen LogP contribution in [0.5, 0.6) is 6.01 Å². The van der Waals surface area contributed by atoms with Crippen molar-refractivity contribution >= 4 is 45.0 Å². The van der Waals surface area contributed by atoms with E-state index in [4.69, 9.17) is 4.74 Å². The van der Waals surface area contributed by atoms with Crippen LogP contribution in [-0.2, 0) is 11.8 Å². The zero-order chi connectivity index (χ0) is 29.4. The van der Waals surface area contributed by atoms with E-state index in [2.05, 4.69) is 44.4 Å². The van der Waals surface area contributed by atoms with Gasteiger partial charge in [0, 0.05) is 86.3 Å². The number of ether oxygens (including phenoxy) is 1. The number of anilines is 2. The minimum Gasteiger partial charge on any atom is -0.463 e. The van der Waals surface area contributed by atoms with Gasteiger partial charge in [-0.3, -0.25) is 14.3 Å². The van der Waals surface area contributed by atoms with Gasteiger partial charge in [-0.05, 0) is 51.0 Å². The Hall–Kier alpha value is -4.32. The number of piperazine rings is 1. The summed E-state index contributed by atoms with van der Waals surface area (Å²) in [6.07, 6.45) is 5.55. The number of carbonyl (C=O) groups is 2. The average Bonchev–Trinajstić information content (AvgIpc) is 3.54. The van der Waals surface area contributed by atoms with Crippen molar-refractivity contribution in [1.29, 1.82) is 0 Å². The van der Waals surface area contributed by atoms with E-state index in [-0.39, 0.29) is 29.5 Å². The maximum absolute atomic E-state index is 14.7. The number of amides is 2. The Morgan fingerprint density at radius 1 is 1.19 bits per heavy atom. The van der Waals surface area contributed by atoms with Gasteiger partial charge in [0.1, 0.15) is 5.52 Å². The molecule has 42 heavy (non-hydrogen) atoms. The van der Waals surface area contributed by atoms with Crippen molar-refractivity contribution in [2.45, 2.75) is 45.2 Å². The van der Waals surface area contributed by atoms with Crippen molar-refractivity contribution in [2.75, 3.05) is 43.0 Å². The maximum Gasteiger partial charge on any atom is 0.316 e. The molecule has 2 fully saturated rings. The zero-order valence-electron chi connectivity index (χ0n) is 24.1. The van der Waals surface area contributed by atoms with Gasteiger partial charge in [0.25, 0.3) is 5.91 Å². The first-order valence-electron chi connectivity index (χ1n) is 14.4. The molecule has 0 aliphatic carbocycles. The molecule has 2 atom stereocenters. The van der Waals surface area contributed by atoms with Crippen molar-refractivity contribution < 1.29 is 18.7 Å². The molecule has 2 aromatic heterocycles. The van der Waals surface area contributed by atoms with Gasteiger partial charge in [-0.1, -0.05) is 0 Å². The summed E-state index contributed by atoms with van der Waals surface area (Å²) < 4.78 is 22.1. The standard InChI is InChI=1S/C30H35FN8O3/c1-18-15-39(16-19(2)33-18)25-8-7-22(29(41)34-21-12-20-17-37(3)36-27(20)24(31)13-21)28-23(25)14-32-30(35-28)42-11-5-10-38-9-4-6-26(38)40/h7-8,12-14,17-19,33H,4-6,9-11,15-16H2,1-3H3,(H,34,41)/t18-,19+. The Kier molecular flexibility index (Phi) is 7.63. The van der Waals surface area contributed by atoms with Crippen LogP contribution in [0.25, 0.3) is 21.8 Å². The van der Waals surface area contributed by atoms with Gasteiger partial charge in [0.2, 0.25) is 5.91 Å². The summed E-state index contributed by atoms with van der Waals surface area (Å²) >= 11 is 0. The van der Waals surface area contributed by atoms with Crippen LogP contribution in [0.4, 0.5) is 15.8 Å². The number of rotatable bonds is 8. The summed E-state index contributed by atoms with van der Waals surface area (Å²) in [5.41, 5.74) is 2.28. The zero-order valence-corrected chi connectivity index (χ0v) is 24.1. The molecule has 2 aromatic carbocycles. The van der Waals surface area contributed by atoms with Gasteiger partial charge >= 0.3 is 6.01 Å². The number of carbonyl (C=O) groups excluding carboxylic acids is 2. The SMILES string of the molecule is C[C@@H]1CN(c2ccc(C(=O)Nc3cc(F)c4nn(C)cc4c3)c3nc(OCCCN4CCCC4=O)ncc23)C[C@H](C)N1. The molecule has 2 aliphatic heterocycles. The molecular formula is C30H35FN8O3.